The molecule has 4 aliphatic rings. The van der Waals surface area contributed by atoms with E-state index < -0.39 is 92.5 Å². The number of aromatic amines is 1. The lowest BCUT2D eigenvalue weighted by atomic mass is 9.99. The van der Waals surface area contributed by atoms with Crippen molar-refractivity contribution >= 4 is 18.7 Å². The van der Waals surface area contributed by atoms with Crippen molar-refractivity contribution < 1.29 is 52.2 Å². The van der Waals surface area contributed by atoms with Crippen molar-refractivity contribution in [1.82, 2.24) is 9.55 Å². The summed E-state index contributed by atoms with van der Waals surface area (Å²) in [6, 6.07) is 29.8. The molecule has 15 nitrogen and oxygen atoms in total. The van der Waals surface area contributed by atoms with Crippen LogP contribution in [0.3, 0.4) is 0 Å². The molecule has 10 atom stereocenters. The fraction of sp³-hybridized carbons (Fsp3) is 0.510. The van der Waals surface area contributed by atoms with Gasteiger partial charge in [0, 0.05) is 12.3 Å². The number of hydrogen-bond donors (Lipinski definition) is 2. The van der Waals surface area contributed by atoms with E-state index in [0.29, 0.717) is 0 Å². The average molecular weight is 915 g/mol. The Hall–Kier alpha value is -4.30. The summed E-state index contributed by atoms with van der Waals surface area (Å²) in [6.07, 6.45) is -2.42. The Bertz CT molecular complexity index is 2310. The molecule has 16 heteroatoms. The first-order valence-corrected chi connectivity index (χ1v) is 24.2. The van der Waals surface area contributed by atoms with E-state index in [4.69, 9.17) is 47.1 Å². The van der Waals surface area contributed by atoms with E-state index in [1.54, 1.807) is 33.1 Å². The maximum Gasteiger partial charge on any atom is 0.330 e. The van der Waals surface area contributed by atoms with Gasteiger partial charge in [-0.05, 0) is 67.2 Å². The number of ether oxygens (including phenoxy) is 9. The molecule has 0 amide bonds. The standard InChI is InChI=1S/C49H62N2O13Si/c1-47(2,3)65(33-17-11-9-12-18-33,34-19-13-10-14-20-34)58-30-36-39-41(63-48(4,5)61-39)43(57-29-31-22-24-32(55-8)25-23-31)45(59-36)56-28-16-15-21-35(52)38-40-42(64-49(6,7)62-40)44(60-38)51-27-26-37(53)50-46(51)54/h9-20,22-27,35-36,38-45,52H,21,28-30H2,1-8H3,(H,50,53,54)/b16-15-/t35-,36-,38-,39+,40-,41+,42-,43-,44-,45+/m1/s1. The summed E-state index contributed by atoms with van der Waals surface area (Å²) in [5.74, 6) is -1.19. The van der Waals surface area contributed by atoms with Gasteiger partial charge in [-0.25, -0.2) is 4.79 Å². The van der Waals surface area contributed by atoms with Gasteiger partial charge in [-0.3, -0.25) is 14.3 Å². The number of aliphatic hydroxyl groups excluding tert-OH is 1. The van der Waals surface area contributed by atoms with Crippen LogP contribution >= 0.6 is 0 Å². The molecule has 0 bridgehead atoms. The topological polar surface area (TPSA) is 167 Å². The Balaban J connectivity index is 1.02. The molecule has 0 saturated carbocycles. The highest BCUT2D eigenvalue weighted by molar-refractivity contribution is 6.99. The fourth-order valence-corrected chi connectivity index (χ4v) is 14.1. The SMILES string of the molecule is COc1ccc(CO[C@H]2[C@@H](OC/C=C\C[C@@H](O)[C@H]3O[C@@H](n4ccc(=O)[nH]c4=O)[C@@H]4OC(C)(C)O[C@@H]43)O[C@H](CO[Si](c3ccccc3)(c3ccccc3)C(C)(C)C)[C@@H]3OC(C)(C)O[C@@H]32)cc1. The number of nitrogens with one attached hydrogen (secondary N) is 1. The molecular formula is C49H62N2O13Si. The smallest absolute Gasteiger partial charge is 0.330 e. The molecule has 0 aliphatic carbocycles. The molecule has 0 radical (unpaired) electrons. The van der Waals surface area contributed by atoms with Crippen molar-refractivity contribution in [2.75, 3.05) is 20.3 Å². The maximum atomic E-state index is 12.7. The van der Waals surface area contributed by atoms with E-state index in [-0.39, 0.29) is 31.3 Å². The summed E-state index contributed by atoms with van der Waals surface area (Å²) < 4.78 is 65.9. The Morgan fingerprint density at radius 2 is 1.40 bits per heavy atom. The van der Waals surface area contributed by atoms with E-state index in [1.807, 2.05) is 50.2 Å². The summed E-state index contributed by atoms with van der Waals surface area (Å²) >= 11 is 0. The van der Waals surface area contributed by atoms with Crippen LogP contribution in [0, 0.1) is 0 Å². The van der Waals surface area contributed by atoms with Gasteiger partial charge < -0.3 is 52.2 Å². The molecular weight excluding hydrogens is 853 g/mol. The van der Waals surface area contributed by atoms with Crippen LogP contribution in [0.4, 0.5) is 0 Å². The third-order valence-corrected chi connectivity index (χ3v) is 17.4. The molecule has 350 valence electrons. The van der Waals surface area contributed by atoms with Crippen LogP contribution in [-0.4, -0.2) is 110 Å². The molecule has 2 N–H and O–H groups in total. The average Bonchev–Trinajstić information content (AvgIpc) is 3.90. The highest BCUT2D eigenvalue weighted by Gasteiger charge is 2.59. The fourth-order valence-electron chi connectivity index (χ4n) is 9.52. The van der Waals surface area contributed by atoms with Gasteiger partial charge in [-0.15, -0.1) is 0 Å². The molecule has 4 aliphatic heterocycles. The van der Waals surface area contributed by atoms with Gasteiger partial charge >= 0.3 is 5.69 Å². The van der Waals surface area contributed by atoms with E-state index in [2.05, 4.69) is 74.3 Å². The van der Waals surface area contributed by atoms with E-state index in [1.165, 1.54) is 16.8 Å². The van der Waals surface area contributed by atoms with Gasteiger partial charge in [0.2, 0.25) is 0 Å². The third kappa shape index (κ3) is 10.0. The van der Waals surface area contributed by atoms with Crippen LogP contribution in [0.25, 0.3) is 0 Å². The van der Waals surface area contributed by atoms with Gasteiger partial charge in [-0.2, -0.15) is 0 Å². The minimum absolute atomic E-state index is 0.101. The Labute approximate surface area is 380 Å². The van der Waals surface area contributed by atoms with Crippen LogP contribution in [0.2, 0.25) is 5.04 Å². The van der Waals surface area contributed by atoms with Gasteiger partial charge in [0.25, 0.3) is 13.9 Å². The molecule has 5 heterocycles. The predicted octanol–water partition coefficient (Wildman–Crippen LogP) is 4.69. The highest BCUT2D eigenvalue weighted by Crippen LogP contribution is 2.45. The number of aromatic nitrogens is 2. The molecule has 1 aromatic heterocycles. The molecule has 8 rings (SSSR count). The maximum absolute atomic E-state index is 12.7. The van der Waals surface area contributed by atoms with Crippen LogP contribution in [0.5, 0.6) is 5.75 Å². The van der Waals surface area contributed by atoms with Crippen LogP contribution in [0.15, 0.2) is 119 Å². The lowest BCUT2D eigenvalue weighted by molar-refractivity contribution is -0.290. The predicted molar refractivity (Wildman–Crippen MR) is 242 cm³/mol. The van der Waals surface area contributed by atoms with Crippen molar-refractivity contribution in [2.24, 2.45) is 0 Å². The first kappa shape index (κ1) is 47.2. The second-order valence-corrected chi connectivity index (χ2v) is 23.2. The number of methoxy groups -OCH3 is 1. The van der Waals surface area contributed by atoms with Gasteiger partial charge in [0.15, 0.2) is 24.1 Å². The molecule has 3 aromatic carbocycles. The largest absolute Gasteiger partial charge is 0.497 e. The molecule has 4 fully saturated rings. The summed E-state index contributed by atoms with van der Waals surface area (Å²) in [5.41, 5.74) is -0.261. The Morgan fingerprint density at radius 3 is 2.02 bits per heavy atom. The summed E-state index contributed by atoms with van der Waals surface area (Å²) in [5, 5.41) is 13.5. The number of fused-ring (bicyclic) bond motifs is 2. The van der Waals surface area contributed by atoms with Crippen LogP contribution < -0.4 is 26.4 Å². The number of rotatable bonds is 16. The Kier molecular flexibility index (Phi) is 13.9. The molecule has 65 heavy (non-hydrogen) atoms. The first-order valence-electron chi connectivity index (χ1n) is 22.3. The monoisotopic (exact) mass is 914 g/mol. The number of nitrogens with zero attached hydrogens (tertiary/aromatic N) is 1. The molecule has 4 aromatic rings. The second kappa shape index (κ2) is 19.1. The normalized spacial score (nSPS) is 28.8. The quantitative estimate of drug-likeness (QED) is 0.118. The van der Waals surface area contributed by atoms with Crippen molar-refractivity contribution in [3.63, 3.8) is 0 Å². The van der Waals surface area contributed by atoms with Crippen LogP contribution in [0.1, 0.15) is 66.7 Å². The van der Waals surface area contributed by atoms with E-state index in [0.717, 1.165) is 21.7 Å². The third-order valence-electron chi connectivity index (χ3n) is 12.4. The number of H-pyrrole nitrogens is 1. The Morgan fingerprint density at radius 1 is 0.785 bits per heavy atom. The van der Waals surface area contributed by atoms with E-state index >= 15 is 0 Å². The van der Waals surface area contributed by atoms with Crippen molar-refractivity contribution in [1.29, 1.82) is 0 Å². The van der Waals surface area contributed by atoms with Crippen molar-refractivity contribution in [3.05, 3.63) is 136 Å². The zero-order valence-electron chi connectivity index (χ0n) is 38.3. The molecule has 0 unspecified atom stereocenters. The zero-order valence-corrected chi connectivity index (χ0v) is 39.3. The minimum atomic E-state index is -2.97. The van der Waals surface area contributed by atoms with E-state index in [9.17, 15) is 14.7 Å². The summed E-state index contributed by atoms with van der Waals surface area (Å²) in [4.78, 5) is 26.8. The first-order chi connectivity index (χ1) is 31.0. The number of benzene rings is 3. The highest BCUT2D eigenvalue weighted by atomic mass is 28.4. The number of aliphatic hydroxyl groups is 1. The van der Waals surface area contributed by atoms with Crippen molar-refractivity contribution in [3.8, 4) is 5.75 Å². The lowest BCUT2D eigenvalue weighted by Gasteiger charge is -2.46. The second-order valence-electron chi connectivity index (χ2n) is 18.9. The number of hydrogen-bond acceptors (Lipinski definition) is 13. The minimum Gasteiger partial charge on any atom is -0.497 e. The van der Waals surface area contributed by atoms with Gasteiger partial charge in [0.1, 0.15) is 48.5 Å². The molecule has 4 saturated heterocycles. The summed E-state index contributed by atoms with van der Waals surface area (Å²) in [6.45, 7) is 14.5. The lowest BCUT2D eigenvalue weighted by Crippen LogP contribution is -2.68. The zero-order chi connectivity index (χ0) is 46.1. The van der Waals surface area contributed by atoms with Crippen molar-refractivity contribution in [2.45, 2.75) is 139 Å². The van der Waals surface area contributed by atoms with Gasteiger partial charge in [0.05, 0.1) is 33.0 Å². The van der Waals surface area contributed by atoms with Crippen LogP contribution in [-0.2, 0) is 48.9 Å². The molecule has 0 spiro atoms. The summed E-state index contributed by atoms with van der Waals surface area (Å²) in [7, 11) is -1.35. The van der Waals surface area contributed by atoms with Gasteiger partial charge in [-0.1, -0.05) is 106 Å².